The van der Waals surface area contributed by atoms with Crippen LogP contribution >= 0.6 is 23.4 Å². The van der Waals surface area contributed by atoms with Gasteiger partial charge in [-0.3, -0.25) is 0 Å². The molecule has 5 nitrogen and oxygen atoms in total. The Hall–Kier alpha value is -0.620. The standard InChI is InChI=1S/C11H20ClNO4S/c1-11(2,3)17-10(15)13-8(5-6-18-4)9(14)16-7-12/h8H,5-7H2,1-4H3,(H,13,15)/t8-/m1/s1. The highest BCUT2D eigenvalue weighted by atomic mass is 35.5. The predicted octanol–water partition coefficient (Wildman–Crippen LogP) is 2.37. The second-order valence-electron chi connectivity index (χ2n) is 4.55. The van der Waals surface area contributed by atoms with Crippen molar-refractivity contribution in [1.82, 2.24) is 5.32 Å². The monoisotopic (exact) mass is 297 g/mol. The number of halogens is 1. The zero-order valence-electron chi connectivity index (χ0n) is 11.1. The molecule has 0 aliphatic rings. The summed E-state index contributed by atoms with van der Waals surface area (Å²) in [5, 5.41) is 2.49. The van der Waals surface area contributed by atoms with Crippen molar-refractivity contribution in [3.8, 4) is 0 Å². The van der Waals surface area contributed by atoms with Crippen molar-refractivity contribution in [3.05, 3.63) is 0 Å². The Morgan fingerprint density at radius 1 is 1.39 bits per heavy atom. The number of alkyl halides is 1. The van der Waals surface area contributed by atoms with E-state index in [4.69, 9.17) is 16.3 Å². The van der Waals surface area contributed by atoms with E-state index >= 15 is 0 Å². The zero-order chi connectivity index (χ0) is 14.2. The lowest BCUT2D eigenvalue weighted by Gasteiger charge is -2.22. The smallest absolute Gasteiger partial charge is 0.408 e. The van der Waals surface area contributed by atoms with Crippen LogP contribution in [0.3, 0.4) is 0 Å². The first-order valence-electron chi connectivity index (χ1n) is 5.51. The molecule has 0 aromatic heterocycles. The highest BCUT2D eigenvalue weighted by Gasteiger charge is 2.24. The van der Waals surface area contributed by atoms with Crippen LogP contribution in [0.2, 0.25) is 0 Å². The Balaban J connectivity index is 4.39. The maximum absolute atomic E-state index is 11.6. The number of alkyl carbamates (subject to hydrolysis) is 1. The molecule has 18 heavy (non-hydrogen) atoms. The van der Waals surface area contributed by atoms with Crippen LogP contribution in [-0.4, -0.2) is 41.8 Å². The molecule has 0 aliphatic heterocycles. The van der Waals surface area contributed by atoms with Gasteiger partial charge in [-0.1, -0.05) is 11.6 Å². The molecule has 7 heteroatoms. The normalized spacial score (nSPS) is 12.7. The van der Waals surface area contributed by atoms with Crippen molar-refractivity contribution in [2.24, 2.45) is 0 Å². The molecule has 0 unspecified atom stereocenters. The van der Waals surface area contributed by atoms with Crippen LogP contribution in [0.5, 0.6) is 0 Å². The number of carbonyl (C=O) groups is 2. The Morgan fingerprint density at radius 3 is 2.44 bits per heavy atom. The Labute approximate surface area is 117 Å². The molecule has 0 spiro atoms. The highest BCUT2D eigenvalue weighted by molar-refractivity contribution is 7.98. The van der Waals surface area contributed by atoms with Crippen LogP contribution in [0.1, 0.15) is 27.2 Å². The second-order valence-corrected chi connectivity index (χ2v) is 5.76. The lowest BCUT2D eigenvalue weighted by molar-refractivity contribution is -0.144. The minimum Gasteiger partial charge on any atom is -0.448 e. The first-order chi connectivity index (χ1) is 8.30. The van der Waals surface area contributed by atoms with E-state index in [0.29, 0.717) is 6.42 Å². The molecule has 0 radical (unpaired) electrons. The van der Waals surface area contributed by atoms with E-state index in [1.54, 1.807) is 32.5 Å². The number of ether oxygens (including phenoxy) is 2. The molecule has 0 heterocycles. The maximum Gasteiger partial charge on any atom is 0.408 e. The number of rotatable bonds is 6. The lowest BCUT2D eigenvalue weighted by atomic mass is 10.2. The van der Waals surface area contributed by atoms with Crippen LogP contribution in [0.25, 0.3) is 0 Å². The summed E-state index contributed by atoms with van der Waals surface area (Å²) in [7, 11) is 0. The van der Waals surface area contributed by atoms with Gasteiger partial charge in [-0.2, -0.15) is 11.8 Å². The minimum atomic E-state index is -0.731. The van der Waals surface area contributed by atoms with Crippen molar-refractivity contribution in [2.45, 2.75) is 38.8 Å². The van der Waals surface area contributed by atoms with Gasteiger partial charge in [0.05, 0.1) is 0 Å². The third kappa shape index (κ3) is 8.47. The summed E-state index contributed by atoms with van der Waals surface area (Å²) in [6, 6.07) is -0.962. The van der Waals surface area contributed by atoms with E-state index in [-0.39, 0.29) is 6.07 Å². The molecule has 106 valence electrons. The number of hydrogen-bond acceptors (Lipinski definition) is 5. The van der Waals surface area contributed by atoms with Gasteiger partial charge in [-0.15, -0.1) is 0 Å². The van der Waals surface area contributed by atoms with Gasteiger partial charge >= 0.3 is 12.1 Å². The molecule has 0 bridgehead atoms. The molecule has 0 saturated carbocycles. The Bertz CT molecular complexity index is 281. The van der Waals surface area contributed by atoms with E-state index in [9.17, 15) is 9.59 Å². The molecule has 0 rings (SSSR count). The molecular formula is C11H20ClNO4S. The SMILES string of the molecule is CSCC[C@@H](NC(=O)OC(C)(C)C)C(=O)OCCl. The second kappa shape index (κ2) is 8.48. The fourth-order valence-corrected chi connectivity index (χ4v) is 1.67. The molecule has 0 aromatic rings. The number of amides is 1. The zero-order valence-corrected chi connectivity index (χ0v) is 12.7. The summed E-state index contributed by atoms with van der Waals surface area (Å²) < 4.78 is 9.76. The molecule has 1 atom stereocenters. The molecule has 0 fully saturated rings. The van der Waals surface area contributed by atoms with Gasteiger partial charge in [0.25, 0.3) is 0 Å². The molecular weight excluding hydrogens is 278 g/mol. The van der Waals surface area contributed by atoms with Crippen LogP contribution in [0, 0.1) is 0 Å². The van der Waals surface area contributed by atoms with Crippen molar-refractivity contribution < 1.29 is 19.1 Å². The fraction of sp³-hybridized carbons (Fsp3) is 0.818. The van der Waals surface area contributed by atoms with Crippen LogP contribution in [-0.2, 0) is 14.3 Å². The number of nitrogens with one attached hydrogen (secondary N) is 1. The maximum atomic E-state index is 11.6. The van der Waals surface area contributed by atoms with E-state index < -0.39 is 23.7 Å². The number of thioether (sulfide) groups is 1. The first-order valence-corrected chi connectivity index (χ1v) is 7.44. The number of hydrogen-bond donors (Lipinski definition) is 1. The summed E-state index contributed by atoms with van der Waals surface area (Å²) in [5.74, 6) is 0.169. The highest BCUT2D eigenvalue weighted by Crippen LogP contribution is 2.08. The largest absolute Gasteiger partial charge is 0.448 e. The van der Waals surface area contributed by atoms with Crippen LogP contribution < -0.4 is 5.32 Å². The summed E-state index contributed by atoms with van der Waals surface area (Å²) in [4.78, 5) is 23.1. The van der Waals surface area contributed by atoms with Gasteiger partial charge in [-0.05, 0) is 39.2 Å². The summed E-state index contributed by atoms with van der Waals surface area (Å²) in [6.07, 6.45) is 1.74. The van der Waals surface area contributed by atoms with Crippen molar-refractivity contribution in [2.75, 3.05) is 18.1 Å². The van der Waals surface area contributed by atoms with E-state index in [1.165, 1.54) is 0 Å². The average Bonchev–Trinajstić information content (AvgIpc) is 2.21. The first kappa shape index (κ1) is 17.4. The van der Waals surface area contributed by atoms with Crippen LogP contribution in [0.15, 0.2) is 0 Å². The van der Waals surface area contributed by atoms with Gasteiger partial charge in [0.15, 0.2) is 6.07 Å². The van der Waals surface area contributed by atoms with Gasteiger partial charge in [-0.25, -0.2) is 9.59 Å². The molecule has 0 aliphatic carbocycles. The molecule has 1 N–H and O–H groups in total. The quantitative estimate of drug-likeness (QED) is 0.602. The van der Waals surface area contributed by atoms with Crippen molar-refractivity contribution in [1.29, 1.82) is 0 Å². The fourth-order valence-electron chi connectivity index (χ4n) is 1.09. The molecule has 1 amide bonds. The van der Waals surface area contributed by atoms with Gasteiger partial charge < -0.3 is 14.8 Å². The number of esters is 1. The average molecular weight is 298 g/mol. The summed E-state index contributed by atoms with van der Waals surface area (Å²) in [5.41, 5.74) is -0.607. The minimum absolute atomic E-state index is 0.232. The summed E-state index contributed by atoms with van der Waals surface area (Å²) in [6.45, 7) is 5.25. The Kier molecular flexibility index (Phi) is 8.18. The molecule has 0 saturated heterocycles. The third-order valence-electron chi connectivity index (χ3n) is 1.78. The number of carbonyl (C=O) groups excluding carboxylic acids is 2. The Morgan fingerprint density at radius 2 is 2.00 bits per heavy atom. The van der Waals surface area contributed by atoms with Gasteiger partial charge in [0.1, 0.15) is 11.6 Å². The topological polar surface area (TPSA) is 64.6 Å². The molecule has 0 aromatic carbocycles. The lowest BCUT2D eigenvalue weighted by Crippen LogP contribution is -2.44. The van der Waals surface area contributed by atoms with E-state index in [2.05, 4.69) is 10.1 Å². The third-order valence-corrected chi connectivity index (χ3v) is 2.54. The van der Waals surface area contributed by atoms with E-state index in [1.807, 2.05) is 6.26 Å². The van der Waals surface area contributed by atoms with E-state index in [0.717, 1.165) is 5.75 Å². The van der Waals surface area contributed by atoms with Crippen molar-refractivity contribution >= 4 is 35.4 Å². The predicted molar refractivity (Wildman–Crippen MR) is 73.0 cm³/mol. The summed E-state index contributed by atoms with van der Waals surface area (Å²) >= 11 is 6.90. The van der Waals surface area contributed by atoms with Gasteiger partial charge in [0.2, 0.25) is 0 Å². The van der Waals surface area contributed by atoms with Crippen LogP contribution in [0.4, 0.5) is 4.79 Å². The van der Waals surface area contributed by atoms with Crippen molar-refractivity contribution in [3.63, 3.8) is 0 Å². The van der Waals surface area contributed by atoms with Gasteiger partial charge in [0, 0.05) is 0 Å².